The first-order chi connectivity index (χ1) is 14.1. The summed E-state index contributed by atoms with van der Waals surface area (Å²) in [6, 6.07) is 0. The van der Waals surface area contributed by atoms with Crippen LogP contribution >= 0.6 is 63.7 Å². The molecule has 8 nitrogen and oxygen atoms in total. The number of halogens is 4. The number of ether oxygens (including phenoxy) is 3. The molecule has 0 aliphatic rings. The van der Waals surface area contributed by atoms with Crippen LogP contribution < -0.4 is 0 Å². The van der Waals surface area contributed by atoms with Gasteiger partial charge in [-0.1, -0.05) is 0 Å². The molecule has 2 atom stereocenters. The second-order valence-corrected chi connectivity index (χ2v) is 9.44. The summed E-state index contributed by atoms with van der Waals surface area (Å²) in [6.45, 7) is 2.45. The van der Waals surface area contributed by atoms with E-state index in [9.17, 15) is 24.9 Å². The summed E-state index contributed by atoms with van der Waals surface area (Å²) in [4.78, 5) is 24.0. The highest BCUT2D eigenvalue weighted by molar-refractivity contribution is 9.15. The third kappa shape index (κ3) is 8.45. The van der Waals surface area contributed by atoms with E-state index in [1.165, 1.54) is 0 Å². The molecule has 0 aromatic heterocycles. The molecule has 12 heteroatoms. The third-order valence-corrected chi connectivity index (χ3v) is 8.57. The van der Waals surface area contributed by atoms with Crippen molar-refractivity contribution in [3.05, 3.63) is 29.0 Å². The zero-order valence-electron chi connectivity index (χ0n) is 16.0. The van der Waals surface area contributed by atoms with Crippen LogP contribution in [0.25, 0.3) is 0 Å². The summed E-state index contributed by atoms with van der Waals surface area (Å²) in [5.74, 6) is -2.23. The quantitative estimate of drug-likeness (QED) is 0.123. The number of esters is 1. The first-order valence-corrected chi connectivity index (χ1v) is 12.0. The van der Waals surface area contributed by atoms with Gasteiger partial charge >= 0.3 is 11.9 Å². The van der Waals surface area contributed by atoms with Crippen molar-refractivity contribution >= 4 is 75.7 Å². The van der Waals surface area contributed by atoms with Gasteiger partial charge in [-0.25, -0.2) is 9.59 Å². The molecule has 30 heavy (non-hydrogen) atoms. The Morgan fingerprint density at radius 2 is 1.43 bits per heavy atom. The lowest BCUT2D eigenvalue weighted by molar-refractivity contribution is -0.00121. The van der Waals surface area contributed by atoms with Crippen LogP contribution in [0.5, 0.6) is 0 Å². The number of benzene rings is 1. The molecule has 0 unspecified atom stereocenters. The molecule has 0 heterocycles. The van der Waals surface area contributed by atoms with Crippen molar-refractivity contribution in [2.24, 2.45) is 5.92 Å². The minimum Gasteiger partial charge on any atom is -0.478 e. The summed E-state index contributed by atoms with van der Waals surface area (Å²) in [5, 5.41) is 28.0. The molecule has 0 amide bonds. The molecule has 1 aromatic carbocycles. The van der Waals surface area contributed by atoms with Crippen molar-refractivity contribution in [2.75, 3.05) is 39.6 Å². The van der Waals surface area contributed by atoms with E-state index in [1.54, 1.807) is 6.92 Å². The molecule has 170 valence electrons. The summed E-state index contributed by atoms with van der Waals surface area (Å²) >= 11 is 12.9. The molecule has 0 bridgehead atoms. The molecular formula is C18H22Br4O8. The van der Waals surface area contributed by atoms with E-state index in [4.69, 9.17) is 14.2 Å². The largest absolute Gasteiger partial charge is 0.478 e. The van der Waals surface area contributed by atoms with Crippen LogP contribution in [0.1, 0.15) is 34.1 Å². The maximum atomic E-state index is 12.4. The number of carbonyl (C=O) groups is 2. The molecule has 3 N–H and O–H groups in total. The number of hydrogen-bond acceptors (Lipinski definition) is 7. The van der Waals surface area contributed by atoms with Crippen molar-refractivity contribution in [1.82, 2.24) is 0 Å². The van der Waals surface area contributed by atoms with E-state index in [0.29, 0.717) is 22.0 Å². The summed E-state index contributed by atoms with van der Waals surface area (Å²) in [5.41, 5.74) is -0.354. The number of carboxylic acids is 1. The maximum absolute atomic E-state index is 12.4. The van der Waals surface area contributed by atoms with Crippen LogP contribution in [0, 0.1) is 5.92 Å². The molecule has 0 saturated heterocycles. The smallest absolute Gasteiger partial charge is 0.340 e. The van der Waals surface area contributed by atoms with Gasteiger partial charge in [-0.05, 0) is 77.1 Å². The normalized spacial score (nSPS) is 13.2. The van der Waals surface area contributed by atoms with E-state index in [1.807, 2.05) is 0 Å². The lowest BCUT2D eigenvalue weighted by Crippen LogP contribution is -2.21. The van der Waals surface area contributed by atoms with Gasteiger partial charge in [0, 0.05) is 30.4 Å². The zero-order valence-corrected chi connectivity index (χ0v) is 22.3. The van der Waals surface area contributed by atoms with Crippen molar-refractivity contribution in [1.29, 1.82) is 0 Å². The monoisotopic (exact) mass is 682 g/mol. The first-order valence-electron chi connectivity index (χ1n) is 8.82. The second kappa shape index (κ2) is 14.1. The molecule has 0 spiro atoms. The maximum Gasteiger partial charge on any atom is 0.340 e. The highest BCUT2D eigenvalue weighted by atomic mass is 79.9. The molecule has 0 fully saturated rings. The van der Waals surface area contributed by atoms with Crippen LogP contribution in [0.15, 0.2) is 17.9 Å². The molecule has 0 aliphatic carbocycles. The van der Waals surface area contributed by atoms with Gasteiger partial charge in [0.05, 0.1) is 43.7 Å². The Bertz CT molecular complexity index is 742. The number of carbonyl (C=O) groups excluding carboxylic acids is 1. The standard InChI is InChI=1S/C18H22Br4O8/c1-9(24)6-10(7-23)8-29-3-2-28-4-5-30-18(27)12-11(17(25)26)13(19)15(21)16(22)14(12)20/h9-10,23-24H,2-8H2,1H3,(H,25,26)/t9-,10-/m1/s1. The number of carboxylic acid groups (broad SMARTS) is 1. The first kappa shape index (κ1) is 28.0. The highest BCUT2D eigenvalue weighted by Crippen LogP contribution is 2.42. The SMILES string of the molecule is C[C@@H](O)C[C@H](CO)COCCOCCOC(=O)c1c(Br)c(Br)c(Br)c(Br)c1C(=O)O. The van der Waals surface area contributed by atoms with Crippen molar-refractivity contribution in [2.45, 2.75) is 19.4 Å². The van der Waals surface area contributed by atoms with E-state index in [2.05, 4.69) is 63.7 Å². The van der Waals surface area contributed by atoms with Crippen molar-refractivity contribution < 1.29 is 39.1 Å². The van der Waals surface area contributed by atoms with E-state index in [-0.39, 0.29) is 59.0 Å². The van der Waals surface area contributed by atoms with Gasteiger partial charge in [0.15, 0.2) is 0 Å². The van der Waals surface area contributed by atoms with Crippen LogP contribution in [-0.2, 0) is 14.2 Å². The van der Waals surface area contributed by atoms with Gasteiger partial charge in [-0.3, -0.25) is 0 Å². The van der Waals surface area contributed by atoms with Crippen molar-refractivity contribution in [3.8, 4) is 0 Å². The summed E-state index contributed by atoms with van der Waals surface area (Å²) in [7, 11) is 0. The predicted octanol–water partition coefficient (Wildman–Crippen LogP) is 4.00. The van der Waals surface area contributed by atoms with E-state index in [0.717, 1.165) is 0 Å². The Balaban J connectivity index is 2.47. The summed E-state index contributed by atoms with van der Waals surface area (Å²) in [6.07, 6.45) is -0.0610. The average molecular weight is 686 g/mol. The lowest BCUT2D eigenvalue weighted by Gasteiger charge is -2.16. The van der Waals surface area contributed by atoms with Gasteiger partial charge in [0.2, 0.25) is 0 Å². The molecule has 0 radical (unpaired) electrons. The van der Waals surface area contributed by atoms with Crippen molar-refractivity contribution in [3.63, 3.8) is 0 Å². The Kier molecular flexibility index (Phi) is 13.2. The van der Waals surface area contributed by atoms with Crippen LogP contribution in [0.3, 0.4) is 0 Å². The number of aromatic carboxylic acids is 1. The number of aliphatic hydroxyl groups excluding tert-OH is 2. The van der Waals surface area contributed by atoms with Gasteiger partial charge in [-0.15, -0.1) is 0 Å². The number of hydrogen-bond donors (Lipinski definition) is 3. The van der Waals surface area contributed by atoms with E-state index < -0.39 is 18.0 Å². The zero-order chi connectivity index (χ0) is 22.8. The topological polar surface area (TPSA) is 123 Å². The highest BCUT2D eigenvalue weighted by Gasteiger charge is 2.28. The fourth-order valence-electron chi connectivity index (χ4n) is 2.44. The van der Waals surface area contributed by atoms with Gasteiger partial charge < -0.3 is 29.5 Å². The Morgan fingerprint density at radius 1 is 0.900 bits per heavy atom. The van der Waals surface area contributed by atoms with E-state index >= 15 is 0 Å². The Hall–Kier alpha value is -0.0800. The van der Waals surface area contributed by atoms with Gasteiger partial charge in [0.1, 0.15) is 6.61 Å². The number of rotatable bonds is 13. The summed E-state index contributed by atoms with van der Waals surface area (Å²) < 4.78 is 17.2. The molecular weight excluding hydrogens is 664 g/mol. The molecule has 1 aromatic rings. The molecule has 0 aliphatic heterocycles. The third-order valence-electron chi connectivity index (χ3n) is 3.80. The minimum absolute atomic E-state index is 0.0715. The van der Waals surface area contributed by atoms with Crippen LogP contribution in [-0.4, -0.2) is 73.0 Å². The predicted molar refractivity (Wildman–Crippen MR) is 123 cm³/mol. The van der Waals surface area contributed by atoms with Gasteiger partial charge in [0.25, 0.3) is 0 Å². The second-order valence-electron chi connectivity index (χ2n) is 6.27. The Morgan fingerprint density at radius 3 is 1.97 bits per heavy atom. The average Bonchev–Trinajstić information content (AvgIpc) is 2.68. The molecule has 0 saturated carbocycles. The minimum atomic E-state index is -1.28. The fraction of sp³-hybridized carbons (Fsp3) is 0.556. The number of aliphatic hydroxyl groups is 2. The van der Waals surface area contributed by atoms with Crippen LogP contribution in [0.4, 0.5) is 0 Å². The lowest BCUT2D eigenvalue weighted by atomic mass is 10.0. The van der Waals surface area contributed by atoms with Gasteiger partial charge in [-0.2, -0.15) is 0 Å². The Labute approximate surface area is 207 Å². The fourth-order valence-corrected chi connectivity index (χ4v) is 4.89. The van der Waals surface area contributed by atoms with Crippen LogP contribution in [0.2, 0.25) is 0 Å². The molecule has 1 rings (SSSR count).